The van der Waals surface area contributed by atoms with Gasteiger partial charge in [0, 0.05) is 0 Å². The van der Waals surface area contributed by atoms with Crippen molar-refractivity contribution in [2.45, 2.75) is 13.0 Å². The predicted molar refractivity (Wildman–Crippen MR) is 72.8 cm³/mol. The second-order valence-electron chi connectivity index (χ2n) is 4.14. The van der Waals surface area contributed by atoms with Gasteiger partial charge in [-0.15, -0.1) is 0 Å². The van der Waals surface area contributed by atoms with Crippen molar-refractivity contribution in [1.82, 2.24) is 0 Å². The van der Waals surface area contributed by atoms with Gasteiger partial charge in [-0.25, -0.2) is 0 Å². The van der Waals surface area contributed by atoms with Gasteiger partial charge in [-0.3, -0.25) is 0 Å². The second-order valence-corrected chi connectivity index (χ2v) is 4.14. The van der Waals surface area contributed by atoms with E-state index < -0.39 is 0 Å². The normalized spacial score (nSPS) is 10.3. The molecule has 2 nitrogen and oxygen atoms in total. The zero-order valence-electron chi connectivity index (χ0n) is 10.6. The van der Waals surface area contributed by atoms with Crippen LogP contribution in [0, 0.1) is 0 Å². The van der Waals surface area contributed by atoms with Crippen molar-refractivity contribution in [2.24, 2.45) is 0 Å². The van der Waals surface area contributed by atoms with E-state index >= 15 is 0 Å². The Bertz CT molecular complexity index is 448. The highest BCUT2D eigenvalue weighted by Gasteiger charge is 1.96. The van der Waals surface area contributed by atoms with Gasteiger partial charge in [-0.05, 0) is 29.7 Å². The third-order valence-electron chi connectivity index (χ3n) is 2.81. The van der Waals surface area contributed by atoms with Gasteiger partial charge in [0.15, 0.2) is 0 Å². The Morgan fingerprint density at radius 3 is 2.22 bits per heavy atom. The van der Waals surface area contributed by atoms with Crippen molar-refractivity contribution in [3.8, 4) is 5.75 Å². The summed E-state index contributed by atoms with van der Waals surface area (Å²) in [5.41, 5.74) is 2.48. The Hall–Kier alpha value is -1.80. The van der Waals surface area contributed by atoms with Gasteiger partial charge in [0.05, 0.1) is 20.3 Å². The fraction of sp³-hybridized carbons (Fsp3) is 0.250. The van der Waals surface area contributed by atoms with Crippen LogP contribution in [0.2, 0.25) is 0 Å². The Kier molecular flexibility index (Phi) is 4.79. The van der Waals surface area contributed by atoms with Crippen LogP contribution in [0.25, 0.3) is 0 Å². The minimum Gasteiger partial charge on any atom is -0.497 e. The molecular weight excluding hydrogens is 224 g/mol. The zero-order valence-corrected chi connectivity index (χ0v) is 10.6. The molecule has 0 atom stereocenters. The highest BCUT2D eigenvalue weighted by Crippen LogP contribution is 2.12. The van der Waals surface area contributed by atoms with Gasteiger partial charge >= 0.3 is 0 Å². The third-order valence-corrected chi connectivity index (χ3v) is 2.81. The molecule has 0 bridgehead atoms. The number of hydrogen-bond acceptors (Lipinski definition) is 2. The summed E-state index contributed by atoms with van der Waals surface area (Å²) < 4.78 is 10.8. The number of benzene rings is 2. The van der Waals surface area contributed by atoms with Gasteiger partial charge in [0.1, 0.15) is 5.75 Å². The van der Waals surface area contributed by atoms with Crippen molar-refractivity contribution in [1.29, 1.82) is 0 Å². The minimum absolute atomic E-state index is 0.650. The highest BCUT2D eigenvalue weighted by molar-refractivity contribution is 5.26. The maximum Gasteiger partial charge on any atom is 0.118 e. The van der Waals surface area contributed by atoms with Crippen LogP contribution >= 0.6 is 0 Å². The molecule has 2 rings (SSSR count). The van der Waals surface area contributed by atoms with E-state index in [2.05, 4.69) is 24.3 Å². The Labute approximate surface area is 108 Å². The SMILES string of the molecule is COc1ccc(COCCc2ccccc2)cc1. The number of rotatable bonds is 6. The summed E-state index contributed by atoms with van der Waals surface area (Å²) in [6.07, 6.45) is 0.955. The maximum atomic E-state index is 5.66. The lowest BCUT2D eigenvalue weighted by atomic mass is 10.2. The highest BCUT2D eigenvalue weighted by atomic mass is 16.5. The van der Waals surface area contributed by atoms with E-state index in [0.717, 1.165) is 18.8 Å². The lowest BCUT2D eigenvalue weighted by Crippen LogP contribution is -1.99. The van der Waals surface area contributed by atoms with Crippen molar-refractivity contribution in [3.63, 3.8) is 0 Å². The first-order chi connectivity index (χ1) is 8.88. The molecule has 0 heterocycles. The molecule has 0 radical (unpaired) electrons. The molecule has 0 aliphatic carbocycles. The Morgan fingerprint density at radius 2 is 1.56 bits per heavy atom. The molecule has 2 aromatic rings. The topological polar surface area (TPSA) is 18.5 Å². The molecule has 0 saturated heterocycles. The summed E-state index contributed by atoms with van der Waals surface area (Å²) in [5, 5.41) is 0. The molecule has 0 aliphatic heterocycles. The smallest absolute Gasteiger partial charge is 0.118 e. The Balaban J connectivity index is 1.72. The standard InChI is InChI=1S/C16H18O2/c1-17-16-9-7-15(8-10-16)13-18-12-11-14-5-3-2-4-6-14/h2-10H,11-13H2,1H3. The van der Waals surface area contributed by atoms with Crippen LogP contribution in [-0.2, 0) is 17.8 Å². The fourth-order valence-corrected chi connectivity index (χ4v) is 1.75. The lowest BCUT2D eigenvalue weighted by molar-refractivity contribution is 0.124. The average molecular weight is 242 g/mol. The van der Waals surface area contributed by atoms with Crippen LogP contribution in [0.15, 0.2) is 54.6 Å². The molecule has 0 amide bonds. The Morgan fingerprint density at radius 1 is 0.833 bits per heavy atom. The van der Waals surface area contributed by atoms with Crippen molar-refractivity contribution >= 4 is 0 Å². The van der Waals surface area contributed by atoms with Crippen LogP contribution in [0.5, 0.6) is 5.75 Å². The largest absolute Gasteiger partial charge is 0.497 e. The van der Waals surface area contributed by atoms with Crippen LogP contribution in [0.4, 0.5) is 0 Å². The zero-order chi connectivity index (χ0) is 12.6. The number of ether oxygens (including phenoxy) is 2. The van der Waals surface area contributed by atoms with E-state index in [1.54, 1.807) is 7.11 Å². The molecule has 0 saturated carbocycles. The molecule has 0 fully saturated rings. The van der Waals surface area contributed by atoms with Gasteiger partial charge in [0.2, 0.25) is 0 Å². The fourth-order valence-electron chi connectivity index (χ4n) is 1.75. The van der Waals surface area contributed by atoms with E-state index in [9.17, 15) is 0 Å². The van der Waals surface area contributed by atoms with Crippen LogP contribution < -0.4 is 4.74 Å². The van der Waals surface area contributed by atoms with Crippen molar-refractivity contribution in [3.05, 3.63) is 65.7 Å². The molecule has 0 unspecified atom stereocenters. The summed E-state index contributed by atoms with van der Waals surface area (Å²) in [7, 11) is 1.67. The van der Waals surface area contributed by atoms with Gasteiger partial charge in [0.25, 0.3) is 0 Å². The lowest BCUT2D eigenvalue weighted by Gasteiger charge is -2.05. The summed E-state index contributed by atoms with van der Waals surface area (Å²) >= 11 is 0. The quantitative estimate of drug-likeness (QED) is 0.722. The second kappa shape index (κ2) is 6.82. The molecule has 18 heavy (non-hydrogen) atoms. The van der Waals surface area contributed by atoms with Crippen LogP contribution in [-0.4, -0.2) is 13.7 Å². The molecule has 0 N–H and O–H groups in total. The van der Waals surface area contributed by atoms with E-state index in [1.807, 2.05) is 30.3 Å². The van der Waals surface area contributed by atoms with Crippen LogP contribution in [0.3, 0.4) is 0 Å². The average Bonchev–Trinajstić information content (AvgIpc) is 2.45. The first-order valence-corrected chi connectivity index (χ1v) is 6.13. The van der Waals surface area contributed by atoms with Gasteiger partial charge < -0.3 is 9.47 Å². The third kappa shape index (κ3) is 3.90. The van der Waals surface area contributed by atoms with Gasteiger partial charge in [-0.2, -0.15) is 0 Å². The van der Waals surface area contributed by atoms with E-state index in [0.29, 0.717) is 6.61 Å². The summed E-state index contributed by atoms with van der Waals surface area (Å²) in [6, 6.07) is 18.3. The molecule has 2 aromatic carbocycles. The molecule has 0 aromatic heterocycles. The number of hydrogen-bond donors (Lipinski definition) is 0. The van der Waals surface area contributed by atoms with Crippen LogP contribution in [0.1, 0.15) is 11.1 Å². The summed E-state index contributed by atoms with van der Waals surface area (Å²) in [6.45, 7) is 1.40. The predicted octanol–water partition coefficient (Wildman–Crippen LogP) is 3.45. The van der Waals surface area contributed by atoms with E-state index in [-0.39, 0.29) is 0 Å². The van der Waals surface area contributed by atoms with Crippen molar-refractivity contribution in [2.75, 3.05) is 13.7 Å². The number of methoxy groups -OCH3 is 1. The maximum absolute atomic E-state index is 5.66. The molecule has 2 heteroatoms. The molecule has 94 valence electrons. The van der Waals surface area contributed by atoms with E-state index in [1.165, 1.54) is 11.1 Å². The summed E-state index contributed by atoms with van der Waals surface area (Å²) in [5.74, 6) is 0.878. The molecule has 0 aliphatic rings. The molecule has 0 spiro atoms. The van der Waals surface area contributed by atoms with Crippen molar-refractivity contribution < 1.29 is 9.47 Å². The van der Waals surface area contributed by atoms with Gasteiger partial charge in [-0.1, -0.05) is 42.5 Å². The van der Waals surface area contributed by atoms with E-state index in [4.69, 9.17) is 9.47 Å². The monoisotopic (exact) mass is 242 g/mol. The molecular formula is C16H18O2. The minimum atomic E-state index is 0.650. The first-order valence-electron chi connectivity index (χ1n) is 6.13. The first kappa shape index (κ1) is 12.7. The summed E-state index contributed by atoms with van der Waals surface area (Å²) in [4.78, 5) is 0.